The lowest BCUT2D eigenvalue weighted by Gasteiger charge is -2.06. The second-order valence-corrected chi connectivity index (χ2v) is 3.84. The van der Waals surface area contributed by atoms with Gasteiger partial charge in [0, 0.05) is 0 Å². The van der Waals surface area contributed by atoms with Crippen LogP contribution in [-0.4, -0.2) is 29.3 Å². The number of carboxylic acid groups (broad SMARTS) is 1. The van der Waals surface area contributed by atoms with E-state index in [1.54, 1.807) is 0 Å². The second-order valence-electron chi connectivity index (χ2n) is 2.14. The van der Waals surface area contributed by atoms with Crippen molar-refractivity contribution in [2.24, 2.45) is 0 Å². The van der Waals surface area contributed by atoms with Crippen molar-refractivity contribution >= 4 is 16.1 Å². The highest BCUT2D eigenvalue weighted by Crippen LogP contribution is 2.07. The molecule has 1 atom stereocenters. The van der Waals surface area contributed by atoms with Crippen LogP contribution in [0.4, 0.5) is 0 Å². The van der Waals surface area contributed by atoms with Gasteiger partial charge in [-0.2, -0.15) is 8.42 Å². The number of rotatable bonds is 4. The summed E-state index contributed by atoms with van der Waals surface area (Å²) in [5.74, 6) is -1.23. The molecule has 0 radical (unpaired) electrons. The highest BCUT2D eigenvalue weighted by atomic mass is 32.2. The number of hydrogen-bond acceptors (Lipinski definition) is 3. The van der Waals surface area contributed by atoms with Crippen LogP contribution in [0.3, 0.4) is 0 Å². The maximum absolute atomic E-state index is 10.4. The van der Waals surface area contributed by atoms with Crippen molar-refractivity contribution < 1.29 is 22.9 Å². The Bertz CT molecular complexity index is 229. The molecule has 0 amide bonds. The number of carbonyl (C=O) groups is 1. The first kappa shape index (κ1) is 10.4. The van der Waals surface area contributed by atoms with Crippen LogP contribution in [0.1, 0.15) is 19.8 Å². The van der Waals surface area contributed by atoms with E-state index in [1.165, 1.54) is 6.92 Å². The molecule has 0 aliphatic carbocycles. The molecule has 1 unspecified atom stereocenters. The Labute approximate surface area is 64.8 Å². The van der Waals surface area contributed by atoms with Crippen LogP contribution in [0.2, 0.25) is 0 Å². The summed E-state index contributed by atoms with van der Waals surface area (Å²) in [7, 11) is -4.19. The molecular weight excluding hydrogens is 172 g/mol. The van der Waals surface area contributed by atoms with E-state index in [1.807, 2.05) is 0 Å². The minimum atomic E-state index is -4.19. The molecule has 66 valence electrons. The normalized spacial score (nSPS) is 14.4. The van der Waals surface area contributed by atoms with Gasteiger partial charge in [0.1, 0.15) is 0 Å². The molecule has 0 heterocycles. The summed E-state index contributed by atoms with van der Waals surface area (Å²) in [5.41, 5.74) is 0. The van der Waals surface area contributed by atoms with Gasteiger partial charge in [0.2, 0.25) is 0 Å². The Morgan fingerprint density at radius 1 is 1.55 bits per heavy atom. The molecule has 2 N–H and O–H groups in total. The smallest absolute Gasteiger partial charge is 0.304 e. The second kappa shape index (κ2) is 3.68. The molecule has 0 aromatic heterocycles. The first-order chi connectivity index (χ1) is 4.88. The minimum Gasteiger partial charge on any atom is -0.481 e. The van der Waals surface area contributed by atoms with Crippen molar-refractivity contribution in [1.82, 2.24) is 0 Å². The van der Waals surface area contributed by atoms with Gasteiger partial charge in [-0.25, -0.2) is 0 Å². The number of aliphatic carboxylic acids is 1. The van der Waals surface area contributed by atoms with Gasteiger partial charge < -0.3 is 5.11 Å². The lowest BCUT2D eigenvalue weighted by atomic mass is 10.2. The van der Waals surface area contributed by atoms with E-state index in [9.17, 15) is 13.2 Å². The van der Waals surface area contributed by atoms with Crippen LogP contribution >= 0.6 is 0 Å². The predicted molar refractivity (Wildman–Crippen MR) is 37.9 cm³/mol. The molecule has 0 aromatic rings. The van der Waals surface area contributed by atoms with Gasteiger partial charge in [0.05, 0.1) is 11.7 Å². The topological polar surface area (TPSA) is 91.7 Å². The van der Waals surface area contributed by atoms with Gasteiger partial charge in [-0.3, -0.25) is 9.35 Å². The molecular formula is C5H10O5S. The molecule has 0 bridgehead atoms. The van der Waals surface area contributed by atoms with E-state index in [2.05, 4.69) is 0 Å². The summed E-state index contributed by atoms with van der Waals surface area (Å²) in [4.78, 5) is 10.0. The quantitative estimate of drug-likeness (QED) is 0.603. The summed E-state index contributed by atoms with van der Waals surface area (Å²) in [6.07, 6.45) is -0.444. The molecule has 0 spiro atoms. The summed E-state index contributed by atoms with van der Waals surface area (Å²) in [5, 5.41) is 7.02. The molecule has 11 heavy (non-hydrogen) atoms. The number of carboxylic acids is 1. The average molecular weight is 182 g/mol. The third kappa shape index (κ3) is 3.94. The maximum atomic E-state index is 10.4. The molecule has 0 rings (SSSR count). The van der Waals surface area contributed by atoms with E-state index >= 15 is 0 Å². The van der Waals surface area contributed by atoms with Crippen molar-refractivity contribution in [3.05, 3.63) is 0 Å². The van der Waals surface area contributed by atoms with Crippen molar-refractivity contribution in [3.8, 4) is 0 Å². The summed E-state index contributed by atoms with van der Waals surface area (Å²) in [6, 6.07) is 0. The zero-order valence-electron chi connectivity index (χ0n) is 6.02. The Hall–Kier alpha value is -0.620. The Morgan fingerprint density at radius 3 is 2.09 bits per heavy atom. The van der Waals surface area contributed by atoms with Crippen LogP contribution in [0, 0.1) is 0 Å². The van der Waals surface area contributed by atoms with Crippen LogP contribution in [0.15, 0.2) is 0 Å². The van der Waals surface area contributed by atoms with Crippen LogP contribution < -0.4 is 0 Å². The van der Waals surface area contributed by atoms with Gasteiger partial charge in [-0.05, 0) is 6.42 Å². The summed E-state index contributed by atoms with van der Waals surface area (Å²) >= 11 is 0. The Balaban J connectivity index is 4.31. The molecule has 0 aliphatic rings. The third-order valence-electron chi connectivity index (χ3n) is 1.28. The molecule has 0 fully saturated rings. The SMILES string of the molecule is CCC(CC(=O)O)S(=O)(=O)O. The van der Waals surface area contributed by atoms with Gasteiger partial charge in [-0.1, -0.05) is 6.92 Å². The average Bonchev–Trinajstić information content (AvgIpc) is 1.79. The van der Waals surface area contributed by atoms with Crippen molar-refractivity contribution in [1.29, 1.82) is 0 Å². The van der Waals surface area contributed by atoms with Crippen molar-refractivity contribution in [2.75, 3.05) is 0 Å². The predicted octanol–water partition coefficient (Wildman–Crippen LogP) is 0.128. The van der Waals surface area contributed by atoms with Crippen LogP contribution in [-0.2, 0) is 14.9 Å². The van der Waals surface area contributed by atoms with Crippen molar-refractivity contribution in [2.45, 2.75) is 25.0 Å². The Kier molecular flexibility index (Phi) is 3.47. The summed E-state index contributed by atoms with van der Waals surface area (Å²) in [6.45, 7) is 1.50. The van der Waals surface area contributed by atoms with Gasteiger partial charge >= 0.3 is 5.97 Å². The van der Waals surface area contributed by atoms with Gasteiger partial charge in [0.15, 0.2) is 0 Å². The fourth-order valence-corrected chi connectivity index (χ4v) is 1.43. The fraction of sp³-hybridized carbons (Fsp3) is 0.800. The maximum Gasteiger partial charge on any atom is 0.304 e. The molecule has 0 aromatic carbocycles. The lowest BCUT2D eigenvalue weighted by Crippen LogP contribution is -2.22. The largest absolute Gasteiger partial charge is 0.481 e. The van der Waals surface area contributed by atoms with Crippen LogP contribution in [0.25, 0.3) is 0 Å². The number of hydrogen-bond donors (Lipinski definition) is 2. The minimum absolute atomic E-state index is 0.102. The third-order valence-corrected chi connectivity index (χ3v) is 2.62. The van der Waals surface area contributed by atoms with E-state index in [0.717, 1.165) is 0 Å². The molecule has 6 heteroatoms. The molecule has 0 saturated carbocycles. The monoisotopic (exact) mass is 182 g/mol. The fourth-order valence-electron chi connectivity index (χ4n) is 0.655. The Morgan fingerprint density at radius 2 is 2.00 bits per heavy atom. The molecule has 0 aliphatic heterocycles. The van der Waals surface area contributed by atoms with E-state index < -0.39 is 27.8 Å². The zero-order valence-corrected chi connectivity index (χ0v) is 6.84. The summed E-state index contributed by atoms with van der Waals surface area (Å²) < 4.78 is 29.2. The van der Waals surface area contributed by atoms with Crippen molar-refractivity contribution in [3.63, 3.8) is 0 Å². The van der Waals surface area contributed by atoms with E-state index in [0.29, 0.717) is 0 Å². The zero-order chi connectivity index (χ0) is 9.07. The first-order valence-electron chi connectivity index (χ1n) is 3.06. The first-order valence-corrected chi connectivity index (χ1v) is 4.56. The van der Waals surface area contributed by atoms with E-state index in [4.69, 9.17) is 9.66 Å². The van der Waals surface area contributed by atoms with Gasteiger partial charge in [0.25, 0.3) is 10.1 Å². The standard InChI is InChI=1S/C5H10O5S/c1-2-4(3-5(6)7)11(8,9)10/h4H,2-3H2,1H3,(H,6,7)(H,8,9,10). The highest BCUT2D eigenvalue weighted by Gasteiger charge is 2.23. The van der Waals surface area contributed by atoms with Crippen LogP contribution in [0.5, 0.6) is 0 Å². The molecule has 5 nitrogen and oxygen atoms in total. The van der Waals surface area contributed by atoms with Gasteiger partial charge in [-0.15, -0.1) is 0 Å². The highest BCUT2D eigenvalue weighted by molar-refractivity contribution is 7.86. The molecule has 0 saturated heterocycles. The van der Waals surface area contributed by atoms with E-state index in [-0.39, 0.29) is 6.42 Å². The lowest BCUT2D eigenvalue weighted by molar-refractivity contribution is -0.137.